The molecular weight excluding hydrogens is 214 g/mol. The van der Waals surface area contributed by atoms with E-state index in [1.54, 1.807) is 0 Å². The van der Waals surface area contributed by atoms with Crippen molar-refractivity contribution < 1.29 is 4.74 Å². The molecule has 0 radical (unpaired) electrons. The van der Waals surface area contributed by atoms with Crippen molar-refractivity contribution in [1.29, 1.82) is 0 Å². The molecule has 0 amide bonds. The molecular formula is C13H21N3O. The molecule has 1 atom stereocenters. The second kappa shape index (κ2) is 5.87. The lowest BCUT2D eigenvalue weighted by atomic mass is 10.1. The molecule has 0 spiro atoms. The van der Waals surface area contributed by atoms with Gasteiger partial charge >= 0.3 is 0 Å². The lowest BCUT2D eigenvalue weighted by molar-refractivity contribution is 0.326. The Hall–Kier alpha value is -1.29. The van der Waals surface area contributed by atoms with Crippen molar-refractivity contribution in [1.82, 2.24) is 10.3 Å². The summed E-state index contributed by atoms with van der Waals surface area (Å²) in [5, 5.41) is 3.42. The van der Waals surface area contributed by atoms with Crippen LogP contribution in [0.25, 0.3) is 0 Å². The van der Waals surface area contributed by atoms with Gasteiger partial charge in [-0.15, -0.1) is 0 Å². The van der Waals surface area contributed by atoms with Gasteiger partial charge < -0.3 is 15.0 Å². The fourth-order valence-corrected chi connectivity index (χ4v) is 2.22. The van der Waals surface area contributed by atoms with E-state index in [2.05, 4.69) is 28.2 Å². The Labute approximate surface area is 103 Å². The normalized spacial score (nSPS) is 20.4. The summed E-state index contributed by atoms with van der Waals surface area (Å²) in [6.07, 6.45) is 1.13. The van der Waals surface area contributed by atoms with Crippen LogP contribution in [0.5, 0.6) is 5.88 Å². The van der Waals surface area contributed by atoms with Crippen LogP contribution in [0.2, 0.25) is 0 Å². The molecule has 1 aromatic rings. The molecule has 4 nitrogen and oxygen atoms in total. The highest BCUT2D eigenvalue weighted by Gasteiger charge is 2.21. The zero-order valence-electron chi connectivity index (χ0n) is 10.6. The highest BCUT2D eigenvalue weighted by Crippen LogP contribution is 2.20. The van der Waals surface area contributed by atoms with Gasteiger partial charge in [0.15, 0.2) is 0 Å². The smallest absolute Gasteiger partial charge is 0.215 e. The van der Waals surface area contributed by atoms with E-state index in [1.807, 2.05) is 19.1 Å². The first-order valence-electron chi connectivity index (χ1n) is 6.42. The molecule has 1 aromatic heterocycles. The first kappa shape index (κ1) is 12.2. The Morgan fingerprint density at radius 1 is 1.47 bits per heavy atom. The van der Waals surface area contributed by atoms with E-state index in [1.165, 1.54) is 0 Å². The lowest BCUT2D eigenvalue weighted by Gasteiger charge is -2.36. The molecule has 4 heteroatoms. The monoisotopic (exact) mass is 235 g/mol. The number of ether oxygens (including phenoxy) is 1. The molecule has 1 aliphatic rings. The van der Waals surface area contributed by atoms with E-state index in [0.717, 1.165) is 37.8 Å². The fourth-order valence-electron chi connectivity index (χ4n) is 2.22. The molecule has 1 unspecified atom stereocenters. The van der Waals surface area contributed by atoms with E-state index in [4.69, 9.17) is 4.74 Å². The van der Waals surface area contributed by atoms with Crippen LogP contribution in [0.3, 0.4) is 0 Å². The van der Waals surface area contributed by atoms with Crippen LogP contribution in [0, 0.1) is 0 Å². The number of nitrogens with one attached hydrogen (secondary N) is 1. The summed E-state index contributed by atoms with van der Waals surface area (Å²) in [6, 6.07) is 6.53. The third-order valence-electron chi connectivity index (χ3n) is 3.12. The van der Waals surface area contributed by atoms with Crippen LogP contribution in [0.4, 0.5) is 5.82 Å². The first-order chi connectivity index (χ1) is 8.35. The molecule has 1 saturated heterocycles. The van der Waals surface area contributed by atoms with Gasteiger partial charge in [0, 0.05) is 31.7 Å². The molecule has 1 fully saturated rings. The molecule has 2 rings (SSSR count). The average molecular weight is 235 g/mol. The van der Waals surface area contributed by atoms with Crippen LogP contribution in [0.1, 0.15) is 20.3 Å². The summed E-state index contributed by atoms with van der Waals surface area (Å²) in [4.78, 5) is 6.93. The number of aromatic nitrogens is 1. The fraction of sp³-hybridized carbons (Fsp3) is 0.615. The summed E-state index contributed by atoms with van der Waals surface area (Å²) in [7, 11) is 0. The number of hydrogen-bond acceptors (Lipinski definition) is 4. The predicted octanol–water partition coefficient (Wildman–Crippen LogP) is 1.67. The predicted molar refractivity (Wildman–Crippen MR) is 69.7 cm³/mol. The van der Waals surface area contributed by atoms with Gasteiger partial charge in [-0.1, -0.05) is 13.0 Å². The minimum absolute atomic E-state index is 0.535. The molecule has 0 aliphatic carbocycles. The van der Waals surface area contributed by atoms with E-state index >= 15 is 0 Å². The quantitative estimate of drug-likeness (QED) is 0.861. The van der Waals surface area contributed by atoms with Gasteiger partial charge in [-0.25, -0.2) is 0 Å². The van der Waals surface area contributed by atoms with E-state index in [0.29, 0.717) is 12.6 Å². The van der Waals surface area contributed by atoms with Crippen molar-refractivity contribution in [3.8, 4) is 5.88 Å². The Bertz CT molecular complexity index is 356. The molecule has 1 N–H and O–H groups in total. The SMILES string of the molecule is CCOc1cccc(N2CCNCC2CC)n1. The molecule has 17 heavy (non-hydrogen) atoms. The molecule has 0 aromatic carbocycles. The van der Waals surface area contributed by atoms with Gasteiger partial charge in [0.2, 0.25) is 5.88 Å². The maximum Gasteiger partial charge on any atom is 0.215 e. The number of pyridine rings is 1. The third kappa shape index (κ3) is 2.88. The van der Waals surface area contributed by atoms with Crippen LogP contribution in [-0.4, -0.2) is 37.3 Å². The Morgan fingerprint density at radius 3 is 3.12 bits per heavy atom. The topological polar surface area (TPSA) is 37.4 Å². The van der Waals surface area contributed by atoms with Gasteiger partial charge in [0.05, 0.1) is 6.61 Å². The van der Waals surface area contributed by atoms with Crippen molar-refractivity contribution in [2.24, 2.45) is 0 Å². The Kier molecular flexibility index (Phi) is 4.20. The first-order valence-corrected chi connectivity index (χ1v) is 6.42. The summed E-state index contributed by atoms with van der Waals surface area (Å²) >= 11 is 0. The van der Waals surface area contributed by atoms with Crippen molar-refractivity contribution >= 4 is 5.82 Å². The molecule has 0 saturated carbocycles. The van der Waals surface area contributed by atoms with Gasteiger partial charge in [0.1, 0.15) is 5.82 Å². The minimum atomic E-state index is 0.535. The summed E-state index contributed by atoms with van der Waals surface area (Å²) in [5.74, 6) is 1.75. The number of rotatable bonds is 4. The third-order valence-corrected chi connectivity index (χ3v) is 3.12. The second-order valence-electron chi connectivity index (χ2n) is 4.23. The Morgan fingerprint density at radius 2 is 2.35 bits per heavy atom. The van der Waals surface area contributed by atoms with Crippen LogP contribution < -0.4 is 15.0 Å². The van der Waals surface area contributed by atoms with Crippen molar-refractivity contribution in [2.75, 3.05) is 31.1 Å². The summed E-state index contributed by atoms with van der Waals surface area (Å²) < 4.78 is 5.45. The van der Waals surface area contributed by atoms with Gasteiger partial charge in [-0.05, 0) is 19.4 Å². The highest BCUT2D eigenvalue weighted by molar-refractivity contribution is 5.42. The highest BCUT2D eigenvalue weighted by atomic mass is 16.5. The lowest BCUT2D eigenvalue weighted by Crippen LogP contribution is -2.51. The van der Waals surface area contributed by atoms with Crippen LogP contribution in [-0.2, 0) is 0 Å². The van der Waals surface area contributed by atoms with E-state index < -0.39 is 0 Å². The van der Waals surface area contributed by atoms with Crippen LogP contribution in [0.15, 0.2) is 18.2 Å². The largest absolute Gasteiger partial charge is 0.478 e. The zero-order valence-corrected chi connectivity index (χ0v) is 10.6. The molecule has 0 bridgehead atoms. The van der Waals surface area contributed by atoms with Crippen molar-refractivity contribution in [3.05, 3.63) is 18.2 Å². The van der Waals surface area contributed by atoms with Crippen molar-refractivity contribution in [2.45, 2.75) is 26.3 Å². The van der Waals surface area contributed by atoms with Crippen molar-refractivity contribution in [3.63, 3.8) is 0 Å². The second-order valence-corrected chi connectivity index (χ2v) is 4.23. The number of nitrogens with zero attached hydrogens (tertiary/aromatic N) is 2. The van der Waals surface area contributed by atoms with Gasteiger partial charge in [-0.3, -0.25) is 0 Å². The maximum atomic E-state index is 5.45. The van der Waals surface area contributed by atoms with E-state index in [-0.39, 0.29) is 0 Å². The standard InChI is InChI=1S/C13H21N3O/c1-3-11-10-14-8-9-16(11)12-6-5-7-13(15-12)17-4-2/h5-7,11,14H,3-4,8-10H2,1-2H3. The zero-order chi connectivity index (χ0) is 12.1. The number of anilines is 1. The van der Waals surface area contributed by atoms with Gasteiger partial charge in [0.25, 0.3) is 0 Å². The summed E-state index contributed by atoms with van der Waals surface area (Å²) in [6.45, 7) is 7.94. The number of hydrogen-bond donors (Lipinski definition) is 1. The van der Waals surface area contributed by atoms with Crippen LogP contribution >= 0.6 is 0 Å². The Balaban J connectivity index is 2.16. The number of piperazine rings is 1. The maximum absolute atomic E-state index is 5.45. The minimum Gasteiger partial charge on any atom is -0.478 e. The molecule has 2 heterocycles. The average Bonchev–Trinajstić information content (AvgIpc) is 2.39. The van der Waals surface area contributed by atoms with E-state index in [9.17, 15) is 0 Å². The van der Waals surface area contributed by atoms with Gasteiger partial charge in [-0.2, -0.15) is 4.98 Å². The molecule has 94 valence electrons. The summed E-state index contributed by atoms with van der Waals surface area (Å²) in [5.41, 5.74) is 0. The molecule has 1 aliphatic heterocycles.